The summed E-state index contributed by atoms with van der Waals surface area (Å²) in [6.07, 6.45) is 6.02. The lowest BCUT2D eigenvalue weighted by Gasteiger charge is -2.24. The Hall–Kier alpha value is -3.26. The Morgan fingerprint density at radius 2 is 1.47 bits per heavy atom. The second kappa shape index (κ2) is 11.6. The second-order valence-electron chi connectivity index (χ2n) is 9.20. The van der Waals surface area contributed by atoms with Gasteiger partial charge in [0.05, 0.1) is 0 Å². The number of rotatable bonds is 10. The second-order valence-corrected chi connectivity index (χ2v) is 10.8. The van der Waals surface area contributed by atoms with Gasteiger partial charge in [0.2, 0.25) is 5.91 Å². The molecule has 0 N–H and O–H groups in total. The minimum Gasteiger partial charge on any atom is -0.379 e. The molecule has 1 aliphatic rings. The zero-order chi connectivity index (χ0) is 25.5. The molecule has 4 rings (SSSR count). The van der Waals surface area contributed by atoms with Gasteiger partial charge in [-0.05, 0) is 72.0 Å². The Bertz CT molecular complexity index is 1270. The van der Waals surface area contributed by atoms with Crippen molar-refractivity contribution >= 4 is 16.0 Å². The molecular formula is C28H29F2NO4S. The summed E-state index contributed by atoms with van der Waals surface area (Å²) in [4.78, 5) is 14.7. The summed E-state index contributed by atoms with van der Waals surface area (Å²) in [5.41, 5.74) is 1.50. The van der Waals surface area contributed by atoms with Crippen molar-refractivity contribution in [3.05, 3.63) is 95.6 Å². The third-order valence-corrected chi connectivity index (χ3v) is 7.72. The number of amides is 1. The average Bonchev–Trinajstić information content (AvgIpc) is 3.37. The van der Waals surface area contributed by atoms with Crippen LogP contribution in [0.3, 0.4) is 0 Å². The van der Waals surface area contributed by atoms with Crippen LogP contribution in [0.1, 0.15) is 49.7 Å². The normalized spacial score (nSPS) is 14.1. The van der Waals surface area contributed by atoms with Crippen LogP contribution >= 0.6 is 0 Å². The largest absolute Gasteiger partial charge is 0.379 e. The number of carbonyl (C=O) groups excluding carboxylic acids is 1. The molecule has 1 saturated carbocycles. The van der Waals surface area contributed by atoms with E-state index in [2.05, 4.69) is 0 Å². The van der Waals surface area contributed by atoms with E-state index in [-0.39, 0.29) is 28.9 Å². The highest BCUT2D eigenvalue weighted by atomic mass is 32.2. The molecule has 0 aliphatic heterocycles. The molecule has 0 spiro atoms. The molecule has 36 heavy (non-hydrogen) atoms. The minimum atomic E-state index is -4.15. The molecule has 1 aliphatic carbocycles. The van der Waals surface area contributed by atoms with Gasteiger partial charge in [-0.2, -0.15) is 8.42 Å². The van der Waals surface area contributed by atoms with Gasteiger partial charge < -0.3 is 9.08 Å². The highest BCUT2D eigenvalue weighted by Crippen LogP contribution is 2.29. The van der Waals surface area contributed by atoms with Crippen LogP contribution in [0.15, 0.2) is 77.7 Å². The number of halogens is 2. The van der Waals surface area contributed by atoms with E-state index in [1.165, 1.54) is 31.0 Å². The first-order valence-corrected chi connectivity index (χ1v) is 13.5. The molecule has 0 unspecified atom stereocenters. The summed E-state index contributed by atoms with van der Waals surface area (Å²) >= 11 is 0. The van der Waals surface area contributed by atoms with Crippen LogP contribution in [0.25, 0.3) is 0 Å². The number of benzene rings is 3. The van der Waals surface area contributed by atoms with Crippen molar-refractivity contribution < 1.29 is 26.2 Å². The molecule has 1 amide bonds. The van der Waals surface area contributed by atoms with E-state index in [1.54, 1.807) is 35.2 Å². The highest BCUT2D eigenvalue weighted by molar-refractivity contribution is 7.87. The van der Waals surface area contributed by atoms with Crippen molar-refractivity contribution in [1.29, 1.82) is 0 Å². The van der Waals surface area contributed by atoms with Crippen LogP contribution in [0, 0.1) is 17.6 Å². The molecule has 3 aromatic rings. The van der Waals surface area contributed by atoms with Gasteiger partial charge in [0, 0.05) is 19.5 Å². The van der Waals surface area contributed by atoms with Crippen molar-refractivity contribution in [2.45, 2.75) is 56.5 Å². The van der Waals surface area contributed by atoms with Crippen molar-refractivity contribution in [1.82, 2.24) is 4.90 Å². The van der Waals surface area contributed by atoms with E-state index in [0.29, 0.717) is 24.4 Å². The average molecular weight is 514 g/mol. The molecule has 190 valence electrons. The molecule has 0 radical (unpaired) electrons. The van der Waals surface area contributed by atoms with Crippen LogP contribution in [0.5, 0.6) is 5.75 Å². The molecule has 0 saturated heterocycles. The maximum absolute atomic E-state index is 13.4. The smallest absolute Gasteiger partial charge is 0.339 e. The first-order valence-electron chi connectivity index (χ1n) is 12.1. The summed E-state index contributed by atoms with van der Waals surface area (Å²) in [5, 5.41) is 0. The fraction of sp³-hybridized carbons (Fsp3) is 0.321. The summed E-state index contributed by atoms with van der Waals surface area (Å²) in [6, 6.07) is 17.0. The van der Waals surface area contributed by atoms with Crippen LogP contribution in [0.4, 0.5) is 8.78 Å². The van der Waals surface area contributed by atoms with E-state index in [1.807, 2.05) is 0 Å². The molecule has 5 nitrogen and oxygen atoms in total. The maximum atomic E-state index is 13.4. The van der Waals surface area contributed by atoms with E-state index < -0.39 is 15.9 Å². The summed E-state index contributed by atoms with van der Waals surface area (Å²) in [7, 11) is -4.15. The topological polar surface area (TPSA) is 63.7 Å². The van der Waals surface area contributed by atoms with Gasteiger partial charge in [0.1, 0.15) is 22.3 Å². The zero-order valence-electron chi connectivity index (χ0n) is 19.9. The van der Waals surface area contributed by atoms with Crippen molar-refractivity contribution in [3.63, 3.8) is 0 Å². The number of hydrogen-bond acceptors (Lipinski definition) is 4. The lowest BCUT2D eigenvalue weighted by atomic mass is 10.0. The Kier molecular flexibility index (Phi) is 8.36. The summed E-state index contributed by atoms with van der Waals surface area (Å²) < 4.78 is 57.0. The van der Waals surface area contributed by atoms with Gasteiger partial charge in [0.15, 0.2) is 0 Å². The highest BCUT2D eigenvalue weighted by Gasteiger charge is 2.21. The SMILES string of the molecule is O=C(CCC1CCCC1)N(Cc1ccc(F)cc1)Cc1cccc(OS(=O)(=O)c2ccc(F)cc2)c1. The standard InChI is InChI=1S/C28H29F2NO4S/c29-24-11-8-22(9-12-24)19-31(28(32)17-10-21-4-1-2-5-21)20-23-6-3-7-26(18-23)35-36(33,34)27-15-13-25(30)14-16-27/h3,6-9,11-16,18,21H,1-2,4-5,10,17,19-20H2. The first kappa shape index (κ1) is 25.8. The van der Waals surface area contributed by atoms with Crippen LogP contribution in [-0.4, -0.2) is 19.2 Å². The summed E-state index contributed by atoms with van der Waals surface area (Å²) in [6.45, 7) is 0.553. The van der Waals surface area contributed by atoms with Gasteiger partial charge in [0.25, 0.3) is 0 Å². The van der Waals surface area contributed by atoms with E-state index >= 15 is 0 Å². The fourth-order valence-electron chi connectivity index (χ4n) is 4.52. The quantitative estimate of drug-likeness (QED) is 0.302. The minimum absolute atomic E-state index is 0.00326. The van der Waals surface area contributed by atoms with Gasteiger partial charge >= 0.3 is 10.1 Å². The molecule has 0 heterocycles. The predicted molar refractivity (Wildman–Crippen MR) is 133 cm³/mol. The van der Waals surface area contributed by atoms with Crippen LogP contribution in [-0.2, 0) is 28.0 Å². The lowest BCUT2D eigenvalue weighted by molar-refractivity contribution is -0.132. The van der Waals surface area contributed by atoms with E-state index in [0.717, 1.165) is 49.1 Å². The van der Waals surface area contributed by atoms with Crippen molar-refractivity contribution in [3.8, 4) is 5.75 Å². The third-order valence-electron chi connectivity index (χ3n) is 6.46. The van der Waals surface area contributed by atoms with Gasteiger partial charge in [-0.3, -0.25) is 4.79 Å². The van der Waals surface area contributed by atoms with E-state index in [4.69, 9.17) is 4.18 Å². The third kappa shape index (κ3) is 7.13. The first-order chi connectivity index (χ1) is 17.3. The van der Waals surface area contributed by atoms with Gasteiger partial charge in [-0.25, -0.2) is 8.78 Å². The molecule has 8 heteroatoms. The predicted octanol–water partition coefficient (Wildman–Crippen LogP) is 6.23. The molecule has 0 bridgehead atoms. The molecule has 0 atom stereocenters. The maximum Gasteiger partial charge on any atom is 0.339 e. The Labute approximate surface area is 210 Å². The Balaban J connectivity index is 1.49. The zero-order valence-corrected chi connectivity index (χ0v) is 20.7. The van der Waals surface area contributed by atoms with Crippen molar-refractivity contribution in [2.24, 2.45) is 5.92 Å². The summed E-state index contributed by atoms with van der Waals surface area (Å²) in [5.74, 6) is -0.219. The van der Waals surface area contributed by atoms with Gasteiger partial charge in [-0.1, -0.05) is 49.9 Å². The number of hydrogen-bond donors (Lipinski definition) is 0. The monoisotopic (exact) mass is 513 g/mol. The Morgan fingerprint density at radius 3 is 2.14 bits per heavy atom. The number of nitrogens with zero attached hydrogens (tertiary/aromatic N) is 1. The van der Waals surface area contributed by atoms with Crippen LogP contribution in [0.2, 0.25) is 0 Å². The molecular weight excluding hydrogens is 484 g/mol. The Morgan fingerprint density at radius 1 is 0.861 bits per heavy atom. The molecule has 1 fully saturated rings. The van der Waals surface area contributed by atoms with Crippen molar-refractivity contribution in [2.75, 3.05) is 0 Å². The molecule has 0 aromatic heterocycles. The van der Waals surface area contributed by atoms with Gasteiger partial charge in [-0.15, -0.1) is 0 Å². The fourth-order valence-corrected chi connectivity index (χ4v) is 5.44. The lowest BCUT2D eigenvalue weighted by Crippen LogP contribution is -2.30. The van der Waals surface area contributed by atoms with E-state index in [9.17, 15) is 22.0 Å². The van der Waals surface area contributed by atoms with Crippen LogP contribution < -0.4 is 4.18 Å². The molecule has 3 aromatic carbocycles. The number of carbonyl (C=O) groups is 1.